The highest BCUT2D eigenvalue weighted by Gasteiger charge is 2.30. The minimum absolute atomic E-state index is 0.00229. The summed E-state index contributed by atoms with van der Waals surface area (Å²) in [6, 6.07) is 4.23. The quantitative estimate of drug-likeness (QED) is 0.738. The average molecular weight is 270 g/mol. The summed E-state index contributed by atoms with van der Waals surface area (Å²) in [4.78, 5) is 23.2. The molecule has 19 heavy (non-hydrogen) atoms. The molecule has 0 unspecified atom stereocenters. The maximum Gasteiger partial charge on any atom is 0.416 e. The monoisotopic (exact) mass is 270 g/mol. The van der Waals surface area contributed by atoms with E-state index in [1.165, 1.54) is 31.6 Å². The molecule has 0 saturated carbocycles. The van der Waals surface area contributed by atoms with Gasteiger partial charge in [-0.2, -0.15) is 13.2 Å². The molecule has 2 aromatic rings. The summed E-state index contributed by atoms with van der Waals surface area (Å²) in [5.41, 5.74) is -2.58. The zero-order valence-corrected chi connectivity index (χ0v) is 9.81. The van der Waals surface area contributed by atoms with Crippen molar-refractivity contribution in [3.63, 3.8) is 0 Å². The Morgan fingerprint density at radius 1 is 1.05 bits per heavy atom. The van der Waals surface area contributed by atoms with Gasteiger partial charge in [-0.25, -0.2) is 0 Å². The van der Waals surface area contributed by atoms with Crippen molar-refractivity contribution in [2.45, 2.75) is 6.18 Å². The van der Waals surface area contributed by atoms with E-state index in [2.05, 4.69) is 0 Å². The predicted molar refractivity (Wildman–Crippen MR) is 62.3 cm³/mol. The molecular weight excluding hydrogens is 261 g/mol. The lowest BCUT2D eigenvalue weighted by Gasteiger charge is -2.10. The Hall–Kier alpha value is -2.31. The van der Waals surface area contributed by atoms with Crippen LogP contribution in [0, 0.1) is 0 Å². The van der Waals surface area contributed by atoms with E-state index in [1.54, 1.807) is 0 Å². The Morgan fingerprint density at radius 3 is 2.37 bits per heavy atom. The van der Waals surface area contributed by atoms with E-state index in [0.29, 0.717) is 0 Å². The summed E-state index contributed by atoms with van der Waals surface area (Å²) in [6.45, 7) is 0. The van der Waals surface area contributed by atoms with Crippen LogP contribution in [0.25, 0.3) is 5.69 Å². The predicted octanol–water partition coefficient (Wildman–Crippen LogP) is 1.55. The van der Waals surface area contributed by atoms with Gasteiger partial charge in [-0.1, -0.05) is 6.07 Å². The largest absolute Gasteiger partial charge is 0.416 e. The second-order valence-electron chi connectivity index (χ2n) is 3.94. The van der Waals surface area contributed by atoms with Crippen molar-refractivity contribution in [1.29, 1.82) is 0 Å². The summed E-state index contributed by atoms with van der Waals surface area (Å²) in [6.07, 6.45) is -1.94. The number of hydrogen-bond acceptors (Lipinski definition) is 2. The Bertz CT molecular complexity index is 729. The molecule has 0 aliphatic carbocycles. The van der Waals surface area contributed by atoms with Gasteiger partial charge < -0.3 is 4.57 Å². The van der Waals surface area contributed by atoms with Gasteiger partial charge in [0.2, 0.25) is 0 Å². The molecule has 2 rings (SSSR count). The minimum Gasteiger partial charge on any atom is -0.312 e. The van der Waals surface area contributed by atoms with E-state index in [9.17, 15) is 22.8 Å². The molecule has 0 spiro atoms. The Balaban J connectivity index is 2.64. The molecule has 0 bridgehead atoms. The molecule has 0 N–H and O–H groups in total. The van der Waals surface area contributed by atoms with Crippen LogP contribution in [-0.4, -0.2) is 9.13 Å². The Labute approximate surface area is 105 Å². The molecule has 1 heterocycles. The number of alkyl halides is 3. The Kier molecular flexibility index (Phi) is 3.05. The number of aromatic nitrogens is 2. The van der Waals surface area contributed by atoms with Crippen LogP contribution in [0.1, 0.15) is 5.56 Å². The lowest BCUT2D eigenvalue weighted by atomic mass is 10.2. The average Bonchev–Trinajstić information content (AvgIpc) is 2.35. The van der Waals surface area contributed by atoms with Gasteiger partial charge in [0, 0.05) is 25.1 Å². The van der Waals surface area contributed by atoms with E-state index >= 15 is 0 Å². The summed E-state index contributed by atoms with van der Waals surface area (Å²) >= 11 is 0. The third-order valence-corrected chi connectivity index (χ3v) is 2.61. The third-order valence-electron chi connectivity index (χ3n) is 2.61. The highest BCUT2D eigenvalue weighted by atomic mass is 19.4. The number of aryl methyl sites for hydroxylation is 1. The maximum absolute atomic E-state index is 12.6. The third kappa shape index (κ3) is 2.44. The molecule has 7 heteroatoms. The summed E-state index contributed by atoms with van der Waals surface area (Å²) in [7, 11) is 1.39. The molecule has 0 aliphatic rings. The van der Waals surface area contributed by atoms with E-state index in [-0.39, 0.29) is 5.69 Å². The fourth-order valence-corrected chi connectivity index (χ4v) is 1.59. The van der Waals surface area contributed by atoms with Crippen molar-refractivity contribution in [3.05, 3.63) is 62.9 Å². The van der Waals surface area contributed by atoms with Crippen molar-refractivity contribution in [3.8, 4) is 5.69 Å². The van der Waals surface area contributed by atoms with Crippen molar-refractivity contribution >= 4 is 0 Å². The lowest BCUT2D eigenvalue weighted by Crippen LogP contribution is -2.38. The number of rotatable bonds is 1. The highest BCUT2D eigenvalue weighted by Crippen LogP contribution is 2.29. The molecule has 4 nitrogen and oxygen atoms in total. The number of benzene rings is 1. The number of nitrogens with zero attached hydrogens (tertiary/aromatic N) is 2. The first-order valence-electron chi connectivity index (χ1n) is 5.26. The molecule has 0 amide bonds. The summed E-state index contributed by atoms with van der Waals surface area (Å²) in [5.74, 6) is 0. The maximum atomic E-state index is 12.6. The fourth-order valence-electron chi connectivity index (χ4n) is 1.59. The second kappa shape index (κ2) is 4.42. The van der Waals surface area contributed by atoms with E-state index in [0.717, 1.165) is 21.3 Å². The zero-order chi connectivity index (χ0) is 14.2. The van der Waals surface area contributed by atoms with E-state index in [4.69, 9.17) is 0 Å². The number of hydrogen-bond donors (Lipinski definition) is 0. The van der Waals surface area contributed by atoms with Crippen LogP contribution in [0.3, 0.4) is 0 Å². The van der Waals surface area contributed by atoms with Gasteiger partial charge in [-0.05, 0) is 18.2 Å². The van der Waals surface area contributed by atoms with Crippen molar-refractivity contribution < 1.29 is 13.2 Å². The van der Waals surface area contributed by atoms with Crippen molar-refractivity contribution in [2.24, 2.45) is 7.05 Å². The van der Waals surface area contributed by atoms with Gasteiger partial charge in [-0.3, -0.25) is 14.2 Å². The van der Waals surface area contributed by atoms with Crippen LogP contribution in [0.2, 0.25) is 0 Å². The number of halogens is 3. The van der Waals surface area contributed by atoms with Gasteiger partial charge in [0.05, 0.1) is 5.56 Å². The molecule has 0 aliphatic heterocycles. The fraction of sp³-hybridized carbons (Fsp3) is 0.167. The first-order valence-corrected chi connectivity index (χ1v) is 5.26. The van der Waals surface area contributed by atoms with E-state index < -0.39 is 22.9 Å². The van der Waals surface area contributed by atoms with Crippen molar-refractivity contribution in [2.75, 3.05) is 0 Å². The first-order chi connectivity index (χ1) is 8.80. The van der Waals surface area contributed by atoms with Crippen LogP contribution in [0.15, 0.2) is 46.2 Å². The molecule has 0 fully saturated rings. The van der Waals surface area contributed by atoms with Crippen LogP contribution in [0.4, 0.5) is 13.2 Å². The standard InChI is InChI=1S/C12H9F3N2O2/c1-16-5-6-17(11(19)10(16)18)9-4-2-3-8(7-9)12(13,14)15/h2-7H,1H3. The first kappa shape index (κ1) is 13.1. The molecule has 1 aromatic carbocycles. The van der Waals surface area contributed by atoms with Gasteiger partial charge in [-0.15, -0.1) is 0 Å². The Morgan fingerprint density at radius 2 is 1.74 bits per heavy atom. The molecule has 1 aromatic heterocycles. The smallest absolute Gasteiger partial charge is 0.312 e. The molecular formula is C12H9F3N2O2. The minimum atomic E-state index is -4.50. The SMILES string of the molecule is Cn1ccn(-c2cccc(C(F)(F)F)c2)c(=O)c1=O. The lowest BCUT2D eigenvalue weighted by molar-refractivity contribution is -0.137. The summed E-state index contributed by atoms with van der Waals surface area (Å²) < 4.78 is 39.7. The van der Waals surface area contributed by atoms with Crippen LogP contribution < -0.4 is 11.1 Å². The van der Waals surface area contributed by atoms with Gasteiger partial charge in [0.15, 0.2) is 0 Å². The van der Waals surface area contributed by atoms with E-state index in [1.807, 2.05) is 0 Å². The van der Waals surface area contributed by atoms with Crippen LogP contribution in [-0.2, 0) is 13.2 Å². The topological polar surface area (TPSA) is 44.0 Å². The molecule has 0 saturated heterocycles. The van der Waals surface area contributed by atoms with Crippen LogP contribution in [0.5, 0.6) is 0 Å². The van der Waals surface area contributed by atoms with Crippen molar-refractivity contribution in [1.82, 2.24) is 9.13 Å². The highest BCUT2D eigenvalue weighted by molar-refractivity contribution is 5.37. The van der Waals surface area contributed by atoms with Gasteiger partial charge >= 0.3 is 17.3 Å². The molecule has 0 radical (unpaired) electrons. The zero-order valence-electron chi connectivity index (χ0n) is 9.81. The van der Waals surface area contributed by atoms with Gasteiger partial charge in [0.1, 0.15) is 0 Å². The normalized spacial score (nSPS) is 11.6. The molecule has 100 valence electrons. The second-order valence-corrected chi connectivity index (χ2v) is 3.94. The summed E-state index contributed by atoms with van der Waals surface area (Å²) in [5, 5.41) is 0. The van der Waals surface area contributed by atoms with Gasteiger partial charge in [0.25, 0.3) is 0 Å². The molecule has 0 atom stereocenters. The van der Waals surface area contributed by atoms with Crippen LogP contribution >= 0.6 is 0 Å².